The number of carbonyl (C=O) groups is 1. The number of aromatic carboxylic acids is 1. The summed E-state index contributed by atoms with van der Waals surface area (Å²) in [7, 11) is 1.14. The average Bonchev–Trinajstić information content (AvgIpc) is 3.00. The van der Waals surface area contributed by atoms with E-state index in [9.17, 15) is 18.7 Å². The molecule has 118 valence electrons. The summed E-state index contributed by atoms with van der Waals surface area (Å²) in [6.07, 6.45) is 1.53. The molecule has 3 rings (SSSR count). The number of rotatable bonds is 3. The number of pyridine rings is 1. The van der Waals surface area contributed by atoms with Crippen LogP contribution in [0.3, 0.4) is 0 Å². The zero-order chi connectivity index (χ0) is 16.7. The predicted molar refractivity (Wildman–Crippen MR) is 79.4 cm³/mol. The molecule has 2 heterocycles. The lowest BCUT2D eigenvalue weighted by molar-refractivity contribution is 0.0686. The van der Waals surface area contributed by atoms with Crippen molar-refractivity contribution in [2.75, 3.05) is 12.8 Å². The highest BCUT2D eigenvalue weighted by molar-refractivity contribution is 5.93. The van der Waals surface area contributed by atoms with Crippen LogP contribution < -0.4 is 10.5 Å². The van der Waals surface area contributed by atoms with E-state index in [2.05, 4.69) is 9.97 Å². The van der Waals surface area contributed by atoms with Crippen LogP contribution >= 0.6 is 0 Å². The molecule has 0 amide bonds. The molecule has 0 aliphatic carbocycles. The van der Waals surface area contributed by atoms with Gasteiger partial charge in [0.05, 0.1) is 12.6 Å². The number of benzene rings is 1. The number of fused-ring (bicyclic) bond motifs is 1. The number of hydrogen-bond acceptors (Lipinski definition) is 4. The van der Waals surface area contributed by atoms with E-state index in [1.807, 2.05) is 0 Å². The van der Waals surface area contributed by atoms with Gasteiger partial charge in [0.25, 0.3) is 0 Å². The molecule has 0 fully saturated rings. The second-order valence-corrected chi connectivity index (χ2v) is 4.74. The number of nitrogens with zero attached hydrogens (tertiary/aromatic N) is 1. The Kier molecular flexibility index (Phi) is 3.36. The van der Waals surface area contributed by atoms with E-state index in [4.69, 9.17) is 10.5 Å². The highest BCUT2D eigenvalue weighted by Gasteiger charge is 2.25. The van der Waals surface area contributed by atoms with E-state index < -0.39 is 40.4 Å². The van der Waals surface area contributed by atoms with Gasteiger partial charge in [-0.25, -0.2) is 18.6 Å². The standard InChI is InChI=1S/C15H11F2N3O3/c1-23-14-10(18)9(17)12(20-13(14)15(21)22)7-3-2-6-4-5-19-11(6)8(7)16/h2-5,19H,1H3,(H2,18,20)(H,21,22). The Labute approximate surface area is 128 Å². The molecule has 1 aromatic carbocycles. The molecule has 2 aromatic heterocycles. The molecule has 0 saturated carbocycles. The SMILES string of the molecule is COc1c(C(=O)O)nc(-c2ccc3cc[nH]c3c2F)c(F)c1N. The monoisotopic (exact) mass is 319 g/mol. The highest BCUT2D eigenvalue weighted by atomic mass is 19.1. The first-order chi connectivity index (χ1) is 11.0. The smallest absolute Gasteiger partial charge is 0.358 e. The number of hydrogen-bond donors (Lipinski definition) is 3. The van der Waals surface area contributed by atoms with Gasteiger partial charge in [-0.15, -0.1) is 0 Å². The number of nitrogen functional groups attached to an aromatic ring is 1. The number of carboxylic acids is 1. The van der Waals surface area contributed by atoms with Crippen LogP contribution in [0, 0.1) is 11.6 Å². The topological polar surface area (TPSA) is 101 Å². The summed E-state index contributed by atoms with van der Waals surface area (Å²) in [5, 5.41) is 9.76. The number of nitrogens with one attached hydrogen (secondary N) is 1. The number of carboxylic acid groups (broad SMARTS) is 1. The summed E-state index contributed by atoms with van der Waals surface area (Å²) in [5.74, 6) is -3.66. The molecular formula is C15H11F2N3O3. The zero-order valence-electron chi connectivity index (χ0n) is 11.9. The number of aromatic amines is 1. The maximum atomic E-state index is 14.6. The van der Waals surface area contributed by atoms with Crippen molar-refractivity contribution in [3.05, 3.63) is 41.7 Å². The molecule has 0 aliphatic heterocycles. The summed E-state index contributed by atoms with van der Waals surface area (Å²) in [6.45, 7) is 0. The van der Waals surface area contributed by atoms with E-state index in [1.54, 1.807) is 12.1 Å². The average molecular weight is 319 g/mol. The Morgan fingerprint density at radius 1 is 1.30 bits per heavy atom. The maximum absolute atomic E-state index is 14.6. The lowest BCUT2D eigenvalue weighted by atomic mass is 10.1. The van der Waals surface area contributed by atoms with Gasteiger partial charge in [0, 0.05) is 17.1 Å². The van der Waals surface area contributed by atoms with Gasteiger partial charge in [-0.1, -0.05) is 6.07 Å². The normalized spacial score (nSPS) is 10.9. The number of nitrogens with two attached hydrogens (primary N) is 1. The Balaban J connectivity index is 2.34. The van der Waals surface area contributed by atoms with Crippen LogP contribution in [-0.2, 0) is 0 Å². The first-order valence-corrected chi connectivity index (χ1v) is 6.48. The minimum atomic E-state index is -1.46. The molecule has 8 heteroatoms. The van der Waals surface area contributed by atoms with Crippen molar-refractivity contribution >= 4 is 22.6 Å². The Bertz CT molecular complexity index is 937. The Morgan fingerprint density at radius 2 is 2.04 bits per heavy atom. The highest BCUT2D eigenvalue weighted by Crippen LogP contribution is 2.36. The Hall–Kier alpha value is -3.16. The van der Waals surface area contributed by atoms with E-state index in [1.165, 1.54) is 12.3 Å². The van der Waals surface area contributed by atoms with Crippen LogP contribution in [0.25, 0.3) is 22.2 Å². The molecule has 0 unspecified atom stereocenters. The van der Waals surface area contributed by atoms with Crippen molar-refractivity contribution < 1.29 is 23.4 Å². The number of methoxy groups -OCH3 is 1. The maximum Gasteiger partial charge on any atom is 0.358 e. The molecule has 0 aliphatic rings. The van der Waals surface area contributed by atoms with Crippen LogP contribution in [0.4, 0.5) is 14.5 Å². The molecule has 3 aromatic rings. The lowest BCUT2D eigenvalue weighted by Gasteiger charge is -2.12. The summed E-state index contributed by atoms with van der Waals surface area (Å²) in [6, 6.07) is 4.53. The molecule has 0 saturated heterocycles. The summed E-state index contributed by atoms with van der Waals surface area (Å²) < 4.78 is 33.8. The largest absolute Gasteiger partial charge is 0.492 e. The third-order valence-corrected chi connectivity index (χ3v) is 3.45. The fourth-order valence-electron chi connectivity index (χ4n) is 2.37. The fraction of sp³-hybridized carbons (Fsp3) is 0.0667. The number of H-pyrrole nitrogens is 1. The third-order valence-electron chi connectivity index (χ3n) is 3.45. The second-order valence-electron chi connectivity index (χ2n) is 4.74. The van der Waals surface area contributed by atoms with Crippen molar-refractivity contribution in [1.29, 1.82) is 0 Å². The van der Waals surface area contributed by atoms with Gasteiger partial charge in [-0.3, -0.25) is 0 Å². The zero-order valence-corrected chi connectivity index (χ0v) is 11.9. The predicted octanol–water partition coefficient (Wildman–Crippen LogP) is 2.80. The van der Waals surface area contributed by atoms with Gasteiger partial charge in [0.1, 0.15) is 11.4 Å². The quantitative estimate of drug-likeness (QED) is 0.689. The molecule has 23 heavy (non-hydrogen) atoms. The van der Waals surface area contributed by atoms with Crippen molar-refractivity contribution in [3.63, 3.8) is 0 Å². The van der Waals surface area contributed by atoms with Crippen LogP contribution in [0.15, 0.2) is 24.4 Å². The minimum absolute atomic E-state index is 0.162. The Morgan fingerprint density at radius 3 is 2.70 bits per heavy atom. The van der Waals surface area contributed by atoms with Crippen LogP contribution in [0.5, 0.6) is 5.75 Å². The van der Waals surface area contributed by atoms with Crippen molar-refractivity contribution in [2.45, 2.75) is 0 Å². The minimum Gasteiger partial charge on any atom is -0.492 e. The summed E-state index contributed by atoms with van der Waals surface area (Å²) in [5.41, 5.74) is 3.92. The third kappa shape index (κ3) is 2.15. The molecular weight excluding hydrogens is 308 g/mol. The van der Waals surface area contributed by atoms with Crippen molar-refractivity contribution in [1.82, 2.24) is 9.97 Å². The van der Waals surface area contributed by atoms with E-state index >= 15 is 0 Å². The van der Waals surface area contributed by atoms with Gasteiger partial charge < -0.3 is 20.6 Å². The molecule has 4 N–H and O–H groups in total. The number of ether oxygens (including phenoxy) is 1. The lowest BCUT2D eigenvalue weighted by Crippen LogP contribution is -2.10. The van der Waals surface area contributed by atoms with E-state index in [-0.39, 0.29) is 11.1 Å². The molecule has 0 atom stereocenters. The summed E-state index contributed by atoms with van der Waals surface area (Å²) in [4.78, 5) is 17.7. The first kappa shape index (κ1) is 14.8. The van der Waals surface area contributed by atoms with Gasteiger partial charge in [-0.05, 0) is 12.1 Å². The van der Waals surface area contributed by atoms with E-state index in [0.717, 1.165) is 7.11 Å². The number of aromatic nitrogens is 2. The molecule has 6 nitrogen and oxygen atoms in total. The van der Waals surface area contributed by atoms with Gasteiger partial charge in [0.15, 0.2) is 23.1 Å². The van der Waals surface area contributed by atoms with Crippen LogP contribution in [0.2, 0.25) is 0 Å². The fourth-order valence-corrected chi connectivity index (χ4v) is 2.37. The van der Waals surface area contributed by atoms with Crippen molar-refractivity contribution in [3.8, 4) is 17.0 Å². The molecule has 0 radical (unpaired) electrons. The molecule has 0 spiro atoms. The number of anilines is 1. The van der Waals surface area contributed by atoms with Gasteiger partial charge in [0.2, 0.25) is 0 Å². The van der Waals surface area contributed by atoms with Crippen LogP contribution in [0.1, 0.15) is 10.5 Å². The van der Waals surface area contributed by atoms with Crippen molar-refractivity contribution in [2.24, 2.45) is 0 Å². The summed E-state index contributed by atoms with van der Waals surface area (Å²) >= 11 is 0. The second kappa shape index (κ2) is 5.24. The van der Waals surface area contributed by atoms with Gasteiger partial charge >= 0.3 is 5.97 Å². The first-order valence-electron chi connectivity index (χ1n) is 6.48. The number of halogens is 2. The van der Waals surface area contributed by atoms with Gasteiger partial charge in [-0.2, -0.15) is 0 Å². The van der Waals surface area contributed by atoms with Crippen LogP contribution in [-0.4, -0.2) is 28.2 Å². The molecule has 0 bridgehead atoms. The van der Waals surface area contributed by atoms with E-state index in [0.29, 0.717) is 5.39 Å².